The summed E-state index contributed by atoms with van der Waals surface area (Å²) in [5, 5.41) is 0. The summed E-state index contributed by atoms with van der Waals surface area (Å²) >= 11 is -2.39. The third-order valence-electron chi connectivity index (χ3n) is 6.36. The van der Waals surface area contributed by atoms with Crippen LogP contribution in [0.4, 0.5) is 0 Å². The molecular formula is C26H56OSn. The van der Waals surface area contributed by atoms with Crippen molar-refractivity contribution in [3.63, 3.8) is 0 Å². The molecule has 0 fully saturated rings. The van der Waals surface area contributed by atoms with Crippen LogP contribution in [0.5, 0.6) is 0 Å². The topological polar surface area (TPSA) is 9.23 Å². The van der Waals surface area contributed by atoms with Gasteiger partial charge in [0.1, 0.15) is 0 Å². The van der Waals surface area contributed by atoms with E-state index in [9.17, 15) is 0 Å². The van der Waals surface area contributed by atoms with Crippen LogP contribution < -0.4 is 0 Å². The Morgan fingerprint density at radius 1 is 0.393 bits per heavy atom. The van der Waals surface area contributed by atoms with Crippen LogP contribution in [0.15, 0.2) is 0 Å². The summed E-state index contributed by atoms with van der Waals surface area (Å²) in [7, 11) is 0. The van der Waals surface area contributed by atoms with Gasteiger partial charge in [-0.3, -0.25) is 0 Å². The van der Waals surface area contributed by atoms with Crippen LogP contribution in [-0.2, 0) is 3.07 Å². The van der Waals surface area contributed by atoms with Gasteiger partial charge in [0, 0.05) is 0 Å². The third kappa shape index (κ3) is 17.6. The van der Waals surface area contributed by atoms with Crippen molar-refractivity contribution in [3.8, 4) is 0 Å². The van der Waals surface area contributed by atoms with E-state index in [0.717, 1.165) is 6.61 Å². The zero-order chi connectivity index (χ0) is 20.8. The van der Waals surface area contributed by atoms with Gasteiger partial charge in [-0.2, -0.15) is 0 Å². The first-order valence-electron chi connectivity index (χ1n) is 13.4. The van der Waals surface area contributed by atoms with Gasteiger partial charge in [0.25, 0.3) is 0 Å². The van der Waals surface area contributed by atoms with Crippen molar-refractivity contribution >= 4 is 18.8 Å². The van der Waals surface area contributed by atoms with Gasteiger partial charge in [0.2, 0.25) is 0 Å². The van der Waals surface area contributed by atoms with Crippen molar-refractivity contribution < 1.29 is 3.07 Å². The van der Waals surface area contributed by atoms with E-state index in [0.29, 0.717) is 0 Å². The molecule has 0 aliphatic rings. The van der Waals surface area contributed by atoms with Gasteiger partial charge in [-0.1, -0.05) is 0 Å². The second-order valence-electron chi connectivity index (χ2n) is 9.23. The second-order valence-corrected chi connectivity index (χ2v) is 21.1. The van der Waals surface area contributed by atoms with E-state index in [-0.39, 0.29) is 0 Å². The first kappa shape index (κ1) is 28.8. The maximum atomic E-state index is 6.94. The summed E-state index contributed by atoms with van der Waals surface area (Å²) in [6.07, 6.45) is 25.4. The molecule has 0 unspecified atom stereocenters. The molecule has 0 aliphatic carbocycles. The molecule has 0 heterocycles. The molecule has 0 rings (SSSR count). The minimum absolute atomic E-state index is 1.09. The zero-order valence-electron chi connectivity index (χ0n) is 20.5. The zero-order valence-corrected chi connectivity index (χ0v) is 23.3. The molecule has 0 saturated heterocycles. The van der Waals surface area contributed by atoms with E-state index in [1.54, 1.807) is 0 Å². The van der Waals surface area contributed by atoms with Crippen LogP contribution in [0.3, 0.4) is 0 Å². The van der Waals surface area contributed by atoms with Gasteiger partial charge in [0.15, 0.2) is 0 Å². The molecule has 0 aromatic rings. The average molecular weight is 503 g/mol. The standard InChI is InChI=1S/2C8H17.C6H13O.C4H9.Sn/c2*1-3-5-7-8-6-4-2;1-2-3-4-5-6-7;1-3-4-2;/h2*1,3-8H2,2H3;2-6H2,1H3;1,3-4H2,2H3;/q;;-1;;+1. The van der Waals surface area contributed by atoms with E-state index in [2.05, 4.69) is 27.7 Å². The normalized spacial score (nSPS) is 12.0. The summed E-state index contributed by atoms with van der Waals surface area (Å²) in [6.45, 7) is 10.4. The third-order valence-corrected chi connectivity index (χ3v) is 19.5. The quantitative estimate of drug-likeness (QED) is 0.0996. The Labute approximate surface area is 184 Å². The summed E-state index contributed by atoms with van der Waals surface area (Å²) in [5.41, 5.74) is 0. The molecule has 0 aromatic heterocycles. The summed E-state index contributed by atoms with van der Waals surface area (Å²) in [5.74, 6) is 0. The molecule has 0 aliphatic heterocycles. The van der Waals surface area contributed by atoms with Crippen LogP contribution in [0, 0.1) is 0 Å². The molecule has 0 amide bonds. The summed E-state index contributed by atoms with van der Waals surface area (Å²) in [6, 6.07) is 0. The molecular weight excluding hydrogens is 447 g/mol. The number of rotatable bonds is 23. The molecule has 0 N–H and O–H groups in total. The Bertz CT molecular complexity index is 276. The molecule has 28 heavy (non-hydrogen) atoms. The molecule has 0 radical (unpaired) electrons. The second kappa shape index (κ2) is 22.4. The van der Waals surface area contributed by atoms with Crippen molar-refractivity contribution in [3.05, 3.63) is 0 Å². The molecule has 0 atom stereocenters. The first-order chi connectivity index (χ1) is 13.7. The van der Waals surface area contributed by atoms with Crippen LogP contribution in [0.1, 0.15) is 143 Å². The molecule has 0 bridgehead atoms. The van der Waals surface area contributed by atoms with Gasteiger partial charge in [-0.05, 0) is 0 Å². The first-order valence-corrected chi connectivity index (χ1v) is 20.6. The van der Waals surface area contributed by atoms with Crippen molar-refractivity contribution in [1.29, 1.82) is 0 Å². The predicted molar refractivity (Wildman–Crippen MR) is 132 cm³/mol. The fourth-order valence-corrected chi connectivity index (χ4v) is 17.3. The Hall–Kier alpha value is 0.759. The fourth-order valence-electron chi connectivity index (χ4n) is 4.36. The summed E-state index contributed by atoms with van der Waals surface area (Å²) < 4.78 is 11.5. The van der Waals surface area contributed by atoms with E-state index >= 15 is 0 Å². The van der Waals surface area contributed by atoms with E-state index in [1.807, 2.05) is 0 Å². The molecule has 2 heteroatoms. The maximum absolute atomic E-state index is 6.94. The van der Waals surface area contributed by atoms with Crippen molar-refractivity contribution in [2.24, 2.45) is 0 Å². The molecule has 0 spiro atoms. The van der Waals surface area contributed by atoms with E-state index in [1.165, 1.54) is 129 Å². The summed E-state index contributed by atoms with van der Waals surface area (Å²) in [4.78, 5) is 0. The fraction of sp³-hybridized carbons (Fsp3) is 1.00. The Morgan fingerprint density at radius 2 is 0.750 bits per heavy atom. The molecule has 170 valence electrons. The van der Waals surface area contributed by atoms with Crippen LogP contribution in [0.2, 0.25) is 13.3 Å². The Morgan fingerprint density at radius 3 is 1.21 bits per heavy atom. The predicted octanol–water partition coefficient (Wildman–Crippen LogP) is 10.0. The van der Waals surface area contributed by atoms with Gasteiger partial charge < -0.3 is 0 Å². The average Bonchev–Trinajstić information content (AvgIpc) is 2.71. The van der Waals surface area contributed by atoms with Crippen LogP contribution in [0.25, 0.3) is 0 Å². The number of hydrogen-bond acceptors (Lipinski definition) is 1. The number of unbranched alkanes of at least 4 members (excludes halogenated alkanes) is 14. The minimum atomic E-state index is -2.39. The van der Waals surface area contributed by atoms with Gasteiger partial charge >= 0.3 is 185 Å². The van der Waals surface area contributed by atoms with Crippen LogP contribution in [-0.4, -0.2) is 25.4 Å². The van der Waals surface area contributed by atoms with Crippen molar-refractivity contribution in [2.75, 3.05) is 6.61 Å². The van der Waals surface area contributed by atoms with Gasteiger partial charge in [0.05, 0.1) is 0 Å². The van der Waals surface area contributed by atoms with E-state index in [4.69, 9.17) is 3.07 Å². The van der Waals surface area contributed by atoms with Gasteiger partial charge in [-0.25, -0.2) is 0 Å². The van der Waals surface area contributed by atoms with E-state index < -0.39 is 18.8 Å². The number of hydrogen-bond donors (Lipinski definition) is 0. The molecule has 1 nitrogen and oxygen atoms in total. The molecule has 0 aromatic carbocycles. The molecule has 0 saturated carbocycles. The Balaban J connectivity index is 4.51. The SMILES string of the molecule is CCCCCCC[CH2][Sn]([CH2]CCC)([CH2]CCCCCCC)[O]CCCCCC. The Kier molecular flexibility index (Phi) is 23.1. The van der Waals surface area contributed by atoms with Crippen molar-refractivity contribution in [1.82, 2.24) is 0 Å². The van der Waals surface area contributed by atoms with Gasteiger partial charge in [-0.15, -0.1) is 0 Å². The van der Waals surface area contributed by atoms with Crippen LogP contribution >= 0.6 is 0 Å². The van der Waals surface area contributed by atoms with Crippen molar-refractivity contribution in [2.45, 2.75) is 157 Å². The monoisotopic (exact) mass is 504 g/mol.